The van der Waals surface area contributed by atoms with Gasteiger partial charge in [0.25, 0.3) is 0 Å². The summed E-state index contributed by atoms with van der Waals surface area (Å²) in [6.07, 6.45) is 3.82. The van der Waals surface area contributed by atoms with Gasteiger partial charge >= 0.3 is 0 Å². The summed E-state index contributed by atoms with van der Waals surface area (Å²) < 4.78 is 1.17. The summed E-state index contributed by atoms with van der Waals surface area (Å²) in [4.78, 5) is 2.53. The Morgan fingerprint density at radius 3 is 3.00 bits per heavy atom. The molecule has 1 aromatic carbocycles. The molecule has 3 heteroatoms. The molecular weight excluding hydrogens is 288 g/mol. The maximum absolute atomic E-state index is 3.65. The van der Waals surface area contributed by atoms with Crippen molar-refractivity contribution in [2.24, 2.45) is 0 Å². The molecule has 0 aliphatic carbocycles. The van der Waals surface area contributed by atoms with Gasteiger partial charge in [0.05, 0.1) is 0 Å². The number of halogens is 1. The minimum absolute atomic E-state index is 0.654. The van der Waals surface area contributed by atoms with Crippen LogP contribution in [-0.4, -0.2) is 25.7 Å². The standard InChI is InChI=1S/C15H23BrN2/c1-3-8-17-14-5-4-9-18(11-14)15-7-6-13(16)10-12(15)2/h6-7,10,14,17H,3-5,8-9,11H2,1-2H3. The molecule has 1 aliphatic heterocycles. The lowest BCUT2D eigenvalue weighted by Crippen LogP contribution is -2.46. The third-order valence-corrected chi connectivity index (χ3v) is 4.10. The molecule has 1 N–H and O–H groups in total. The highest BCUT2D eigenvalue weighted by Crippen LogP contribution is 2.26. The Labute approximate surface area is 119 Å². The summed E-state index contributed by atoms with van der Waals surface area (Å²) in [7, 11) is 0. The molecule has 0 radical (unpaired) electrons. The molecule has 1 saturated heterocycles. The van der Waals surface area contributed by atoms with Crippen molar-refractivity contribution in [3.05, 3.63) is 28.2 Å². The highest BCUT2D eigenvalue weighted by Gasteiger charge is 2.20. The Morgan fingerprint density at radius 2 is 2.28 bits per heavy atom. The minimum atomic E-state index is 0.654. The van der Waals surface area contributed by atoms with E-state index in [-0.39, 0.29) is 0 Å². The van der Waals surface area contributed by atoms with Crippen molar-refractivity contribution in [2.75, 3.05) is 24.5 Å². The van der Waals surface area contributed by atoms with Gasteiger partial charge in [-0.05, 0) is 56.5 Å². The van der Waals surface area contributed by atoms with Gasteiger partial charge in [-0.1, -0.05) is 22.9 Å². The average Bonchev–Trinajstić information content (AvgIpc) is 2.36. The molecule has 1 aliphatic rings. The highest BCUT2D eigenvalue weighted by atomic mass is 79.9. The zero-order valence-electron chi connectivity index (χ0n) is 11.4. The summed E-state index contributed by atoms with van der Waals surface area (Å²) in [5.41, 5.74) is 2.75. The monoisotopic (exact) mass is 310 g/mol. The van der Waals surface area contributed by atoms with Crippen molar-refractivity contribution in [3.63, 3.8) is 0 Å². The molecule has 0 bridgehead atoms. The summed E-state index contributed by atoms with van der Waals surface area (Å²) in [5, 5.41) is 3.65. The van der Waals surface area contributed by atoms with Crippen LogP contribution >= 0.6 is 15.9 Å². The third kappa shape index (κ3) is 3.48. The number of nitrogens with zero attached hydrogens (tertiary/aromatic N) is 1. The quantitative estimate of drug-likeness (QED) is 0.911. The van der Waals surface area contributed by atoms with Gasteiger partial charge in [-0.2, -0.15) is 0 Å². The fraction of sp³-hybridized carbons (Fsp3) is 0.600. The van der Waals surface area contributed by atoms with Gasteiger partial charge in [0.15, 0.2) is 0 Å². The number of hydrogen-bond donors (Lipinski definition) is 1. The van der Waals surface area contributed by atoms with E-state index in [2.05, 4.69) is 58.2 Å². The number of aryl methyl sites for hydroxylation is 1. The predicted molar refractivity (Wildman–Crippen MR) is 82.4 cm³/mol. The Bertz CT molecular complexity index is 392. The lowest BCUT2D eigenvalue weighted by atomic mass is 10.0. The van der Waals surface area contributed by atoms with E-state index < -0.39 is 0 Å². The number of hydrogen-bond acceptors (Lipinski definition) is 2. The maximum Gasteiger partial charge on any atom is 0.0397 e. The number of rotatable bonds is 4. The Hall–Kier alpha value is -0.540. The molecular formula is C15H23BrN2. The predicted octanol–water partition coefficient (Wildman–Crippen LogP) is 3.73. The molecule has 2 nitrogen and oxygen atoms in total. The lowest BCUT2D eigenvalue weighted by Gasteiger charge is -2.35. The second-order valence-electron chi connectivity index (χ2n) is 5.17. The second-order valence-corrected chi connectivity index (χ2v) is 6.09. The number of anilines is 1. The van der Waals surface area contributed by atoms with Gasteiger partial charge in [-0.25, -0.2) is 0 Å². The normalized spacial score (nSPS) is 20.2. The molecule has 0 aromatic heterocycles. The second kappa shape index (κ2) is 6.58. The van der Waals surface area contributed by atoms with Crippen molar-refractivity contribution in [2.45, 2.75) is 39.2 Å². The van der Waals surface area contributed by atoms with Crippen LogP contribution in [0.3, 0.4) is 0 Å². The SMILES string of the molecule is CCCNC1CCCN(c2ccc(Br)cc2C)C1. The fourth-order valence-electron chi connectivity index (χ4n) is 2.68. The van der Waals surface area contributed by atoms with Crippen LogP contribution in [0.1, 0.15) is 31.7 Å². The molecule has 0 amide bonds. The van der Waals surface area contributed by atoms with E-state index in [9.17, 15) is 0 Å². The van der Waals surface area contributed by atoms with Gasteiger partial charge in [0.2, 0.25) is 0 Å². The van der Waals surface area contributed by atoms with Gasteiger partial charge in [0, 0.05) is 29.3 Å². The van der Waals surface area contributed by atoms with E-state index >= 15 is 0 Å². The van der Waals surface area contributed by atoms with Crippen LogP contribution in [0.4, 0.5) is 5.69 Å². The van der Waals surface area contributed by atoms with E-state index in [4.69, 9.17) is 0 Å². The molecule has 100 valence electrons. The molecule has 1 atom stereocenters. The summed E-state index contributed by atoms with van der Waals surface area (Å²) in [6.45, 7) is 7.89. The van der Waals surface area contributed by atoms with Crippen LogP contribution in [0.5, 0.6) is 0 Å². The summed E-state index contributed by atoms with van der Waals surface area (Å²) in [5.74, 6) is 0. The van der Waals surface area contributed by atoms with Crippen LogP contribution in [0, 0.1) is 6.92 Å². The van der Waals surface area contributed by atoms with Crippen molar-refractivity contribution in [1.29, 1.82) is 0 Å². The highest BCUT2D eigenvalue weighted by molar-refractivity contribution is 9.10. The van der Waals surface area contributed by atoms with E-state index in [0.717, 1.165) is 13.1 Å². The van der Waals surface area contributed by atoms with Crippen LogP contribution in [0.25, 0.3) is 0 Å². The van der Waals surface area contributed by atoms with E-state index in [1.807, 2.05) is 0 Å². The summed E-state index contributed by atoms with van der Waals surface area (Å²) in [6, 6.07) is 7.24. The molecule has 18 heavy (non-hydrogen) atoms. The first-order valence-electron chi connectivity index (χ1n) is 6.95. The van der Waals surface area contributed by atoms with E-state index in [1.54, 1.807) is 0 Å². The molecule has 0 spiro atoms. The van der Waals surface area contributed by atoms with Crippen LogP contribution in [0.2, 0.25) is 0 Å². The van der Waals surface area contributed by atoms with Gasteiger partial charge in [0.1, 0.15) is 0 Å². The lowest BCUT2D eigenvalue weighted by molar-refractivity contribution is 0.423. The van der Waals surface area contributed by atoms with Gasteiger partial charge < -0.3 is 10.2 Å². The van der Waals surface area contributed by atoms with Crippen molar-refractivity contribution in [1.82, 2.24) is 5.32 Å². The van der Waals surface area contributed by atoms with Crippen LogP contribution in [-0.2, 0) is 0 Å². The number of benzene rings is 1. The maximum atomic E-state index is 3.65. The first-order valence-corrected chi connectivity index (χ1v) is 7.74. The number of piperidine rings is 1. The Balaban J connectivity index is 2.03. The van der Waals surface area contributed by atoms with Crippen LogP contribution < -0.4 is 10.2 Å². The first kappa shape index (κ1) is 13.9. The fourth-order valence-corrected chi connectivity index (χ4v) is 3.16. The molecule has 1 aromatic rings. The zero-order chi connectivity index (χ0) is 13.0. The summed E-state index contributed by atoms with van der Waals surface area (Å²) >= 11 is 3.54. The van der Waals surface area contributed by atoms with Crippen LogP contribution in [0.15, 0.2) is 22.7 Å². The van der Waals surface area contributed by atoms with Gasteiger partial charge in [-0.15, -0.1) is 0 Å². The smallest absolute Gasteiger partial charge is 0.0397 e. The Morgan fingerprint density at radius 1 is 1.44 bits per heavy atom. The molecule has 1 heterocycles. The van der Waals surface area contributed by atoms with E-state index in [1.165, 1.54) is 41.5 Å². The molecule has 0 saturated carbocycles. The third-order valence-electron chi connectivity index (χ3n) is 3.60. The minimum Gasteiger partial charge on any atom is -0.370 e. The average molecular weight is 311 g/mol. The topological polar surface area (TPSA) is 15.3 Å². The van der Waals surface area contributed by atoms with Crippen molar-refractivity contribution >= 4 is 21.6 Å². The van der Waals surface area contributed by atoms with Gasteiger partial charge in [-0.3, -0.25) is 0 Å². The molecule has 1 unspecified atom stereocenters. The largest absolute Gasteiger partial charge is 0.370 e. The molecule has 2 rings (SSSR count). The number of nitrogens with one attached hydrogen (secondary N) is 1. The Kier molecular flexibility index (Phi) is 5.07. The first-order chi connectivity index (χ1) is 8.70. The zero-order valence-corrected chi connectivity index (χ0v) is 13.0. The van der Waals surface area contributed by atoms with Crippen molar-refractivity contribution in [3.8, 4) is 0 Å². The van der Waals surface area contributed by atoms with E-state index in [0.29, 0.717) is 6.04 Å². The van der Waals surface area contributed by atoms with Crippen molar-refractivity contribution < 1.29 is 0 Å². The molecule has 1 fully saturated rings.